The van der Waals surface area contributed by atoms with E-state index >= 15 is 0 Å². The van der Waals surface area contributed by atoms with E-state index in [1.165, 1.54) is 10.7 Å². The van der Waals surface area contributed by atoms with Crippen LogP contribution in [-0.2, 0) is 11.3 Å². The quantitative estimate of drug-likeness (QED) is 0.562. The minimum atomic E-state index is -0.0604. The Balaban J connectivity index is 2.60. The van der Waals surface area contributed by atoms with Gasteiger partial charge >= 0.3 is 0 Å². The summed E-state index contributed by atoms with van der Waals surface area (Å²) < 4.78 is 1.49. The molecular formula is C10H14N2O2. The SMILES string of the molecule is C=C(CCC=O)Cn1[nH]c(C)cc1=O. The fourth-order valence-corrected chi connectivity index (χ4v) is 1.25. The minimum absolute atomic E-state index is 0.0604. The molecule has 0 fully saturated rings. The third kappa shape index (κ3) is 2.73. The summed E-state index contributed by atoms with van der Waals surface area (Å²) in [5.74, 6) is 0. The summed E-state index contributed by atoms with van der Waals surface area (Å²) >= 11 is 0. The summed E-state index contributed by atoms with van der Waals surface area (Å²) in [4.78, 5) is 21.4. The molecule has 1 aromatic heterocycles. The van der Waals surface area contributed by atoms with Gasteiger partial charge in [0.15, 0.2) is 0 Å². The molecule has 0 bridgehead atoms. The average molecular weight is 194 g/mol. The van der Waals surface area contributed by atoms with Crippen molar-refractivity contribution in [2.45, 2.75) is 26.3 Å². The first-order valence-corrected chi connectivity index (χ1v) is 4.50. The van der Waals surface area contributed by atoms with Gasteiger partial charge in [-0.2, -0.15) is 0 Å². The number of aldehydes is 1. The fraction of sp³-hybridized carbons (Fsp3) is 0.400. The average Bonchev–Trinajstić information content (AvgIpc) is 2.42. The number of rotatable bonds is 5. The molecule has 0 saturated heterocycles. The normalized spacial score (nSPS) is 10.1. The first kappa shape index (κ1) is 10.5. The molecule has 0 spiro atoms. The van der Waals surface area contributed by atoms with Crippen molar-refractivity contribution in [3.8, 4) is 0 Å². The van der Waals surface area contributed by atoms with Crippen molar-refractivity contribution < 1.29 is 4.79 Å². The lowest BCUT2D eigenvalue weighted by atomic mass is 10.2. The standard InChI is InChI=1S/C10H14N2O2/c1-8(4-3-5-13)7-12-10(14)6-9(2)11-12/h5-6,11H,1,3-4,7H2,2H3. The zero-order valence-corrected chi connectivity index (χ0v) is 8.25. The van der Waals surface area contributed by atoms with Crippen LogP contribution in [0, 0.1) is 6.92 Å². The van der Waals surface area contributed by atoms with Crippen LogP contribution in [0.4, 0.5) is 0 Å². The predicted molar refractivity (Wildman–Crippen MR) is 54.2 cm³/mol. The fourth-order valence-electron chi connectivity index (χ4n) is 1.25. The van der Waals surface area contributed by atoms with Gasteiger partial charge in [0.1, 0.15) is 6.29 Å². The molecule has 0 aromatic carbocycles. The number of carbonyl (C=O) groups excluding carboxylic acids is 1. The number of carbonyl (C=O) groups is 1. The highest BCUT2D eigenvalue weighted by molar-refractivity contribution is 5.49. The summed E-state index contributed by atoms with van der Waals surface area (Å²) in [7, 11) is 0. The lowest BCUT2D eigenvalue weighted by molar-refractivity contribution is -0.107. The Hall–Kier alpha value is -1.58. The number of hydrogen-bond donors (Lipinski definition) is 1. The number of H-pyrrole nitrogens is 1. The molecule has 0 saturated carbocycles. The van der Waals surface area contributed by atoms with Gasteiger partial charge in [-0.25, -0.2) is 4.68 Å². The van der Waals surface area contributed by atoms with Gasteiger partial charge < -0.3 is 4.79 Å². The van der Waals surface area contributed by atoms with E-state index in [4.69, 9.17) is 0 Å². The zero-order chi connectivity index (χ0) is 10.6. The van der Waals surface area contributed by atoms with Crippen LogP contribution >= 0.6 is 0 Å². The van der Waals surface area contributed by atoms with Gasteiger partial charge in [0.2, 0.25) is 0 Å². The monoisotopic (exact) mass is 194 g/mol. The molecule has 1 rings (SSSR count). The third-order valence-electron chi connectivity index (χ3n) is 1.91. The Morgan fingerprint density at radius 3 is 2.93 bits per heavy atom. The molecule has 0 unspecified atom stereocenters. The van der Waals surface area contributed by atoms with Crippen LogP contribution in [0.1, 0.15) is 18.5 Å². The third-order valence-corrected chi connectivity index (χ3v) is 1.91. The zero-order valence-electron chi connectivity index (χ0n) is 8.25. The highest BCUT2D eigenvalue weighted by Crippen LogP contribution is 2.02. The molecular weight excluding hydrogens is 180 g/mol. The van der Waals surface area contributed by atoms with E-state index in [0.717, 1.165) is 17.6 Å². The number of hydrogen-bond acceptors (Lipinski definition) is 2. The van der Waals surface area contributed by atoms with E-state index in [1.54, 1.807) is 0 Å². The first-order valence-electron chi connectivity index (χ1n) is 4.50. The summed E-state index contributed by atoms with van der Waals surface area (Å²) in [6.07, 6.45) is 1.95. The van der Waals surface area contributed by atoms with Crippen LogP contribution < -0.4 is 5.56 Å². The van der Waals surface area contributed by atoms with Gasteiger partial charge in [-0.15, -0.1) is 0 Å². The summed E-state index contributed by atoms with van der Waals surface area (Å²) in [6.45, 7) is 6.08. The van der Waals surface area contributed by atoms with Crippen molar-refractivity contribution in [3.05, 3.63) is 34.3 Å². The van der Waals surface area contributed by atoms with Crippen LogP contribution in [0.2, 0.25) is 0 Å². The van der Waals surface area contributed by atoms with Crippen molar-refractivity contribution >= 4 is 6.29 Å². The highest BCUT2D eigenvalue weighted by Gasteiger charge is 2.01. The van der Waals surface area contributed by atoms with Crippen LogP contribution in [0.3, 0.4) is 0 Å². The van der Waals surface area contributed by atoms with Crippen molar-refractivity contribution in [1.29, 1.82) is 0 Å². The largest absolute Gasteiger partial charge is 0.303 e. The Kier molecular flexibility index (Phi) is 3.45. The van der Waals surface area contributed by atoms with E-state index in [-0.39, 0.29) is 5.56 Å². The van der Waals surface area contributed by atoms with Crippen molar-refractivity contribution in [3.63, 3.8) is 0 Å². The van der Waals surface area contributed by atoms with Gasteiger partial charge in [0.05, 0.1) is 6.54 Å². The van der Waals surface area contributed by atoms with E-state index in [1.807, 2.05) is 6.92 Å². The van der Waals surface area contributed by atoms with Crippen LogP contribution in [0.5, 0.6) is 0 Å². The molecule has 0 atom stereocenters. The van der Waals surface area contributed by atoms with Crippen molar-refractivity contribution in [1.82, 2.24) is 9.78 Å². The Morgan fingerprint density at radius 2 is 2.43 bits per heavy atom. The van der Waals surface area contributed by atoms with Gasteiger partial charge in [0, 0.05) is 18.2 Å². The molecule has 0 radical (unpaired) electrons. The Labute approximate surface area is 82.2 Å². The van der Waals surface area contributed by atoms with E-state index in [2.05, 4.69) is 11.7 Å². The summed E-state index contributed by atoms with van der Waals surface area (Å²) in [6, 6.07) is 1.53. The number of nitrogens with zero attached hydrogens (tertiary/aromatic N) is 1. The molecule has 1 heterocycles. The number of aromatic nitrogens is 2. The van der Waals surface area contributed by atoms with E-state index in [9.17, 15) is 9.59 Å². The predicted octanol–water partition coefficient (Wildman–Crippen LogP) is 1.02. The number of allylic oxidation sites excluding steroid dienone is 1. The topological polar surface area (TPSA) is 54.9 Å². The van der Waals surface area contributed by atoms with Crippen LogP contribution in [-0.4, -0.2) is 16.1 Å². The maximum Gasteiger partial charge on any atom is 0.266 e. The molecule has 1 N–H and O–H groups in total. The van der Waals surface area contributed by atoms with Gasteiger partial charge in [-0.1, -0.05) is 12.2 Å². The van der Waals surface area contributed by atoms with Crippen molar-refractivity contribution in [2.75, 3.05) is 0 Å². The van der Waals surface area contributed by atoms with Crippen LogP contribution in [0.15, 0.2) is 23.0 Å². The maximum atomic E-state index is 11.3. The van der Waals surface area contributed by atoms with Gasteiger partial charge in [-0.05, 0) is 13.3 Å². The second-order valence-corrected chi connectivity index (χ2v) is 3.32. The minimum Gasteiger partial charge on any atom is -0.303 e. The number of aryl methyl sites for hydroxylation is 1. The van der Waals surface area contributed by atoms with Crippen molar-refractivity contribution in [2.24, 2.45) is 0 Å². The first-order chi connectivity index (χ1) is 6.63. The molecule has 0 amide bonds. The molecule has 0 aliphatic heterocycles. The second-order valence-electron chi connectivity index (χ2n) is 3.32. The summed E-state index contributed by atoms with van der Waals surface area (Å²) in [5, 5.41) is 2.91. The molecule has 1 aromatic rings. The summed E-state index contributed by atoms with van der Waals surface area (Å²) in [5.41, 5.74) is 1.65. The number of nitrogens with one attached hydrogen (secondary N) is 1. The molecule has 0 aliphatic carbocycles. The number of aromatic amines is 1. The Bertz CT molecular complexity index is 387. The molecule has 14 heavy (non-hydrogen) atoms. The molecule has 0 aliphatic rings. The smallest absolute Gasteiger partial charge is 0.266 e. The second kappa shape index (κ2) is 4.60. The molecule has 76 valence electrons. The van der Waals surface area contributed by atoms with E-state index < -0.39 is 0 Å². The van der Waals surface area contributed by atoms with Gasteiger partial charge in [-0.3, -0.25) is 9.89 Å². The molecule has 4 heteroatoms. The van der Waals surface area contributed by atoms with E-state index in [0.29, 0.717) is 19.4 Å². The highest BCUT2D eigenvalue weighted by atomic mass is 16.1. The van der Waals surface area contributed by atoms with Crippen LogP contribution in [0.25, 0.3) is 0 Å². The van der Waals surface area contributed by atoms with Gasteiger partial charge in [0.25, 0.3) is 5.56 Å². The Morgan fingerprint density at radius 1 is 1.71 bits per heavy atom. The lowest BCUT2D eigenvalue weighted by Gasteiger charge is -2.03. The maximum absolute atomic E-state index is 11.3. The lowest BCUT2D eigenvalue weighted by Crippen LogP contribution is -2.16. The molecule has 4 nitrogen and oxygen atoms in total.